The first-order chi connectivity index (χ1) is 10.2. The van der Waals surface area contributed by atoms with Crippen molar-refractivity contribution in [1.82, 2.24) is 4.90 Å². The fraction of sp³-hybridized carbons (Fsp3) is 0.300. The van der Waals surface area contributed by atoms with Gasteiger partial charge in [0.15, 0.2) is 0 Å². The van der Waals surface area contributed by atoms with Gasteiger partial charge in [0.25, 0.3) is 0 Å². The zero-order chi connectivity index (χ0) is 14.7. The summed E-state index contributed by atoms with van der Waals surface area (Å²) >= 11 is 0. The van der Waals surface area contributed by atoms with E-state index in [1.54, 1.807) is 5.57 Å². The van der Waals surface area contributed by atoms with Crippen molar-refractivity contribution < 1.29 is 0 Å². The summed E-state index contributed by atoms with van der Waals surface area (Å²) in [6.07, 6.45) is 2.39. The van der Waals surface area contributed by atoms with Gasteiger partial charge in [0.2, 0.25) is 0 Å². The molecular formula is C20H23N. The lowest BCUT2D eigenvalue weighted by Gasteiger charge is -2.14. The molecule has 0 radical (unpaired) electrons. The Morgan fingerprint density at radius 1 is 1.05 bits per heavy atom. The Hall–Kier alpha value is -1.86. The molecule has 2 aromatic rings. The number of hydrogen-bond donors (Lipinski definition) is 0. The molecule has 21 heavy (non-hydrogen) atoms. The third-order valence-electron chi connectivity index (χ3n) is 4.35. The topological polar surface area (TPSA) is 3.24 Å². The van der Waals surface area contributed by atoms with Gasteiger partial charge in [0, 0.05) is 19.6 Å². The number of rotatable bonds is 3. The van der Waals surface area contributed by atoms with Crippen molar-refractivity contribution in [1.29, 1.82) is 0 Å². The van der Waals surface area contributed by atoms with Gasteiger partial charge >= 0.3 is 0 Å². The van der Waals surface area contributed by atoms with Crippen LogP contribution in [0.3, 0.4) is 0 Å². The van der Waals surface area contributed by atoms with E-state index in [9.17, 15) is 0 Å². The van der Waals surface area contributed by atoms with Crippen molar-refractivity contribution in [2.75, 3.05) is 13.1 Å². The Balaban J connectivity index is 1.73. The molecule has 0 bridgehead atoms. The first kappa shape index (κ1) is 14.1. The molecule has 1 aliphatic rings. The average molecular weight is 277 g/mol. The fourth-order valence-corrected chi connectivity index (χ4v) is 3.08. The van der Waals surface area contributed by atoms with Gasteiger partial charge in [-0.15, -0.1) is 0 Å². The van der Waals surface area contributed by atoms with Crippen LogP contribution in [0.2, 0.25) is 0 Å². The lowest BCUT2D eigenvalue weighted by molar-refractivity contribution is 0.322. The van der Waals surface area contributed by atoms with Gasteiger partial charge in [-0.25, -0.2) is 0 Å². The van der Waals surface area contributed by atoms with Crippen LogP contribution in [0.25, 0.3) is 6.08 Å². The number of hydrogen-bond acceptors (Lipinski definition) is 1. The predicted octanol–water partition coefficient (Wildman–Crippen LogP) is 4.53. The molecular weight excluding hydrogens is 254 g/mol. The van der Waals surface area contributed by atoms with E-state index in [1.165, 1.54) is 16.7 Å². The second kappa shape index (κ2) is 6.28. The lowest BCUT2D eigenvalue weighted by atomic mass is 10.00. The number of aryl methyl sites for hydroxylation is 1. The van der Waals surface area contributed by atoms with Crippen molar-refractivity contribution in [2.24, 2.45) is 5.92 Å². The van der Waals surface area contributed by atoms with Gasteiger partial charge in [-0.1, -0.05) is 73.2 Å². The Bertz CT molecular complexity index is 627. The predicted molar refractivity (Wildman–Crippen MR) is 90.0 cm³/mol. The second-order valence-corrected chi connectivity index (χ2v) is 6.13. The number of benzene rings is 2. The molecule has 2 aromatic carbocycles. The van der Waals surface area contributed by atoms with Gasteiger partial charge in [-0.2, -0.15) is 0 Å². The number of nitrogens with zero attached hydrogens (tertiary/aromatic N) is 1. The van der Waals surface area contributed by atoms with E-state index in [0.717, 1.165) is 19.6 Å². The average Bonchev–Trinajstić information content (AvgIpc) is 2.82. The largest absolute Gasteiger partial charge is 0.295 e. The molecule has 0 spiro atoms. The van der Waals surface area contributed by atoms with E-state index in [2.05, 4.69) is 79.4 Å². The van der Waals surface area contributed by atoms with E-state index in [4.69, 9.17) is 0 Å². The lowest BCUT2D eigenvalue weighted by Crippen LogP contribution is -2.19. The Morgan fingerprint density at radius 2 is 1.76 bits per heavy atom. The zero-order valence-corrected chi connectivity index (χ0v) is 12.9. The van der Waals surface area contributed by atoms with Gasteiger partial charge in [0.1, 0.15) is 0 Å². The maximum absolute atomic E-state index is 2.55. The standard InChI is InChI=1S/C20H23N/c1-16-8-6-7-11-19(16)12-20-15-21(13-17(20)2)14-18-9-4-3-5-10-18/h3-12,17H,13-15H2,1-2H3/b20-12+. The van der Waals surface area contributed by atoms with E-state index in [1.807, 2.05) is 0 Å². The van der Waals surface area contributed by atoms with Crippen LogP contribution >= 0.6 is 0 Å². The molecule has 1 fully saturated rings. The smallest absolute Gasteiger partial charge is 0.0237 e. The molecule has 1 atom stereocenters. The minimum Gasteiger partial charge on any atom is -0.295 e. The molecule has 0 amide bonds. The fourth-order valence-electron chi connectivity index (χ4n) is 3.08. The minimum absolute atomic E-state index is 0.647. The normalized spacial score (nSPS) is 21.0. The van der Waals surface area contributed by atoms with Crippen molar-refractivity contribution in [3.8, 4) is 0 Å². The van der Waals surface area contributed by atoms with Crippen LogP contribution in [-0.4, -0.2) is 18.0 Å². The highest BCUT2D eigenvalue weighted by molar-refractivity contribution is 5.57. The van der Waals surface area contributed by atoms with Crippen LogP contribution in [0.4, 0.5) is 0 Å². The van der Waals surface area contributed by atoms with Crippen LogP contribution in [0.5, 0.6) is 0 Å². The third-order valence-corrected chi connectivity index (χ3v) is 4.35. The van der Waals surface area contributed by atoms with Crippen LogP contribution in [0.15, 0.2) is 60.2 Å². The van der Waals surface area contributed by atoms with Crippen molar-refractivity contribution >= 4 is 6.08 Å². The summed E-state index contributed by atoms with van der Waals surface area (Å²) in [5, 5.41) is 0. The van der Waals surface area contributed by atoms with Crippen LogP contribution < -0.4 is 0 Å². The molecule has 1 aliphatic heterocycles. The summed E-state index contributed by atoms with van der Waals surface area (Å²) in [7, 11) is 0. The van der Waals surface area contributed by atoms with Gasteiger partial charge in [-0.3, -0.25) is 4.90 Å². The molecule has 1 nitrogen and oxygen atoms in total. The molecule has 0 aliphatic carbocycles. The van der Waals surface area contributed by atoms with Crippen molar-refractivity contribution in [3.05, 3.63) is 76.9 Å². The van der Waals surface area contributed by atoms with Crippen molar-refractivity contribution in [3.63, 3.8) is 0 Å². The molecule has 108 valence electrons. The zero-order valence-electron chi connectivity index (χ0n) is 12.9. The Kier molecular flexibility index (Phi) is 4.21. The monoisotopic (exact) mass is 277 g/mol. The molecule has 1 saturated heterocycles. The molecule has 1 unspecified atom stereocenters. The SMILES string of the molecule is Cc1ccccc1/C=C1\CN(Cc2ccccc2)CC1C. The summed E-state index contributed by atoms with van der Waals surface area (Å²) in [4.78, 5) is 2.55. The van der Waals surface area contributed by atoms with E-state index in [0.29, 0.717) is 5.92 Å². The van der Waals surface area contributed by atoms with E-state index < -0.39 is 0 Å². The summed E-state index contributed by atoms with van der Waals surface area (Å²) in [6, 6.07) is 19.4. The van der Waals surface area contributed by atoms with Crippen LogP contribution in [0, 0.1) is 12.8 Å². The first-order valence-electron chi connectivity index (χ1n) is 7.75. The first-order valence-corrected chi connectivity index (χ1v) is 7.75. The van der Waals surface area contributed by atoms with Gasteiger partial charge in [0.05, 0.1) is 0 Å². The summed E-state index contributed by atoms with van der Waals surface area (Å²) in [5.41, 5.74) is 5.68. The van der Waals surface area contributed by atoms with E-state index in [-0.39, 0.29) is 0 Å². The minimum atomic E-state index is 0.647. The molecule has 0 aromatic heterocycles. The Labute approximate surface area is 127 Å². The second-order valence-electron chi connectivity index (χ2n) is 6.13. The summed E-state index contributed by atoms with van der Waals surface area (Å²) < 4.78 is 0. The molecule has 0 N–H and O–H groups in total. The Morgan fingerprint density at radius 3 is 2.52 bits per heavy atom. The number of likely N-dealkylation sites (tertiary alicyclic amines) is 1. The quantitative estimate of drug-likeness (QED) is 0.796. The highest BCUT2D eigenvalue weighted by atomic mass is 15.1. The van der Waals surface area contributed by atoms with Gasteiger partial charge < -0.3 is 0 Å². The van der Waals surface area contributed by atoms with Crippen LogP contribution in [-0.2, 0) is 6.54 Å². The molecule has 0 saturated carbocycles. The van der Waals surface area contributed by atoms with Gasteiger partial charge in [-0.05, 0) is 29.5 Å². The summed E-state index contributed by atoms with van der Waals surface area (Å²) in [6.45, 7) is 7.83. The molecule has 1 heterocycles. The molecule has 1 heteroatoms. The molecule has 3 rings (SSSR count). The highest BCUT2D eigenvalue weighted by Gasteiger charge is 2.23. The third kappa shape index (κ3) is 3.43. The van der Waals surface area contributed by atoms with E-state index >= 15 is 0 Å². The maximum Gasteiger partial charge on any atom is 0.0237 e. The van der Waals surface area contributed by atoms with Crippen molar-refractivity contribution in [2.45, 2.75) is 20.4 Å². The van der Waals surface area contributed by atoms with Crippen LogP contribution in [0.1, 0.15) is 23.6 Å². The summed E-state index contributed by atoms with van der Waals surface area (Å²) in [5.74, 6) is 0.647. The highest BCUT2D eigenvalue weighted by Crippen LogP contribution is 2.26. The maximum atomic E-state index is 2.55.